The van der Waals surface area contributed by atoms with Crippen molar-refractivity contribution in [2.75, 3.05) is 23.7 Å². The van der Waals surface area contributed by atoms with Crippen LogP contribution in [0.4, 0.5) is 17.1 Å². The van der Waals surface area contributed by atoms with Crippen molar-refractivity contribution in [1.82, 2.24) is 4.90 Å². The SMILES string of the molecule is Cc1c(NC(=O)CNc2ccccc2[N+](=O)[O-])cccc1C(=O)N1CCc2sccc2C1. The molecule has 3 aromatic rings. The molecule has 0 bridgehead atoms. The molecule has 1 aliphatic rings. The number of anilines is 2. The molecule has 0 saturated carbocycles. The van der Waals surface area contributed by atoms with Gasteiger partial charge in [0.25, 0.3) is 11.6 Å². The molecule has 0 atom stereocenters. The number of nitrogens with zero attached hydrogens (tertiary/aromatic N) is 2. The van der Waals surface area contributed by atoms with Gasteiger partial charge in [-0.15, -0.1) is 11.3 Å². The van der Waals surface area contributed by atoms with Crippen LogP contribution in [-0.2, 0) is 17.8 Å². The minimum absolute atomic E-state index is 0.0616. The standard InChI is InChI=1S/C23H22N4O4S/c1-15-17(23(29)26-11-9-21-16(14-26)10-12-32-21)5-4-7-18(15)25-22(28)13-24-19-6-2-3-8-20(19)27(30)31/h2-8,10,12,24H,9,11,13-14H2,1H3,(H,25,28). The van der Waals surface area contributed by atoms with Crippen molar-refractivity contribution in [3.63, 3.8) is 0 Å². The number of hydrogen-bond donors (Lipinski definition) is 2. The van der Waals surface area contributed by atoms with Gasteiger partial charge in [0.15, 0.2) is 0 Å². The topological polar surface area (TPSA) is 105 Å². The lowest BCUT2D eigenvalue weighted by molar-refractivity contribution is -0.383. The Morgan fingerprint density at radius 2 is 1.91 bits per heavy atom. The lowest BCUT2D eigenvalue weighted by Gasteiger charge is -2.28. The Morgan fingerprint density at radius 3 is 2.72 bits per heavy atom. The van der Waals surface area contributed by atoms with Gasteiger partial charge in [-0.2, -0.15) is 0 Å². The third kappa shape index (κ3) is 4.47. The van der Waals surface area contributed by atoms with E-state index < -0.39 is 4.92 Å². The number of fused-ring (bicyclic) bond motifs is 1. The summed E-state index contributed by atoms with van der Waals surface area (Å²) in [4.78, 5) is 39.4. The molecular weight excluding hydrogens is 428 g/mol. The molecule has 164 valence electrons. The first-order valence-corrected chi connectivity index (χ1v) is 11.0. The summed E-state index contributed by atoms with van der Waals surface area (Å²) < 4.78 is 0. The summed E-state index contributed by atoms with van der Waals surface area (Å²) in [6.45, 7) is 2.92. The van der Waals surface area contributed by atoms with E-state index in [9.17, 15) is 19.7 Å². The molecule has 8 nitrogen and oxygen atoms in total. The minimum Gasteiger partial charge on any atom is -0.371 e. The number of rotatable bonds is 6. The number of nitro benzene ring substituents is 1. The van der Waals surface area contributed by atoms with Gasteiger partial charge in [-0.3, -0.25) is 19.7 Å². The second kappa shape index (κ2) is 9.19. The first-order valence-electron chi connectivity index (χ1n) is 10.2. The first-order chi connectivity index (χ1) is 15.4. The van der Waals surface area contributed by atoms with Crippen molar-refractivity contribution in [1.29, 1.82) is 0 Å². The second-order valence-electron chi connectivity index (χ2n) is 7.50. The second-order valence-corrected chi connectivity index (χ2v) is 8.50. The maximum absolute atomic E-state index is 13.1. The lowest BCUT2D eigenvalue weighted by atomic mass is 10.0. The average Bonchev–Trinajstić information content (AvgIpc) is 3.27. The van der Waals surface area contributed by atoms with Crippen LogP contribution < -0.4 is 10.6 Å². The largest absolute Gasteiger partial charge is 0.371 e. The molecule has 1 aromatic heterocycles. The number of carbonyl (C=O) groups excluding carboxylic acids is 2. The first kappa shape index (κ1) is 21.5. The summed E-state index contributed by atoms with van der Waals surface area (Å²) >= 11 is 1.72. The van der Waals surface area contributed by atoms with Gasteiger partial charge < -0.3 is 15.5 Å². The van der Waals surface area contributed by atoms with E-state index in [-0.39, 0.29) is 29.7 Å². The van der Waals surface area contributed by atoms with E-state index >= 15 is 0 Å². The molecule has 1 aliphatic heterocycles. The fourth-order valence-corrected chi connectivity index (χ4v) is 4.64. The number of carbonyl (C=O) groups is 2. The number of para-hydroxylation sites is 2. The van der Waals surface area contributed by atoms with Gasteiger partial charge >= 0.3 is 0 Å². The van der Waals surface area contributed by atoms with Crippen LogP contribution in [-0.4, -0.2) is 34.7 Å². The van der Waals surface area contributed by atoms with E-state index in [0.717, 1.165) is 6.42 Å². The van der Waals surface area contributed by atoms with Gasteiger partial charge in [0.05, 0.1) is 11.5 Å². The average molecular weight is 451 g/mol. The van der Waals surface area contributed by atoms with Gasteiger partial charge in [-0.1, -0.05) is 18.2 Å². The molecule has 0 aliphatic carbocycles. The molecule has 32 heavy (non-hydrogen) atoms. The van der Waals surface area contributed by atoms with Crippen molar-refractivity contribution in [3.8, 4) is 0 Å². The van der Waals surface area contributed by atoms with Crippen LogP contribution in [0.2, 0.25) is 0 Å². The number of thiophene rings is 1. The van der Waals surface area contributed by atoms with Gasteiger partial charge in [0.2, 0.25) is 5.91 Å². The van der Waals surface area contributed by atoms with Crippen molar-refractivity contribution < 1.29 is 14.5 Å². The number of amides is 2. The molecule has 9 heteroatoms. The number of nitro groups is 1. The van der Waals surface area contributed by atoms with Crippen LogP contribution >= 0.6 is 11.3 Å². The molecule has 2 amide bonds. The van der Waals surface area contributed by atoms with Crippen LogP contribution in [0.1, 0.15) is 26.4 Å². The molecule has 0 fully saturated rings. The van der Waals surface area contributed by atoms with E-state index in [1.165, 1.54) is 16.5 Å². The fraction of sp³-hybridized carbons (Fsp3) is 0.217. The molecular formula is C23H22N4O4S. The van der Waals surface area contributed by atoms with E-state index in [1.54, 1.807) is 54.7 Å². The van der Waals surface area contributed by atoms with Crippen LogP contribution in [0.5, 0.6) is 0 Å². The summed E-state index contributed by atoms with van der Waals surface area (Å²) in [6.07, 6.45) is 0.853. The lowest BCUT2D eigenvalue weighted by Crippen LogP contribution is -2.35. The van der Waals surface area contributed by atoms with Gasteiger partial charge in [-0.25, -0.2) is 0 Å². The summed E-state index contributed by atoms with van der Waals surface area (Å²) in [5, 5.41) is 18.8. The molecule has 0 unspecified atom stereocenters. The highest BCUT2D eigenvalue weighted by Crippen LogP contribution is 2.27. The van der Waals surface area contributed by atoms with Crippen LogP contribution in [0.15, 0.2) is 53.9 Å². The predicted octanol–water partition coefficient (Wildman–Crippen LogP) is 4.21. The van der Waals surface area contributed by atoms with Crippen LogP contribution in [0.25, 0.3) is 0 Å². The van der Waals surface area contributed by atoms with Gasteiger partial charge in [-0.05, 0) is 54.1 Å². The zero-order valence-corrected chi connectivity index (χ0v) is 18.3. The Kier molecular flexibility index (Phi) is 6.18. The van der Waals surface area contributed by atoms with E-state index in [4.69, 9.17) is 0 Å². The number of benzene rings is 2. The van der Waals surface area contributed by atoms with E-state index in [2.05, 4.69) is 22.1 Å². The Balaban J connectivity index is 1.43. The van der Waals surface area contributed by atoms with Gasteiger partial charge in [0, 0.05) is 35.3 Å². The Hall–Kier alpha value is -3.72. The monoisotopic (exact) mass is 450 g/mol. The van der Waals surface area contributed by atoms with E-state index in [0.29, 0.717) is 29.9 Å². The summed E-state index contributed by atoms with van der Waals surface area (Å²) in [5.41, 5.74) is 3.14. The summed E-state index contributed by atoms with van der Waals surface area (Å²) in [6, 6.07) is 13.5. The van der Waals surface area contributed by atoms with Crippen molar-refractivity contribution in [2.24, 2.45) is 0 Å². The maximum Gasteiger partial charge on any atom is 0.292 e. The zero-order chi connectivity index (χ0) is 22.7. The van der Waals surface area contributed by atoms with Crippen LogP contribution in [0, 0.1) is 17.0 Å². The highest BCUT2D eigenvalue weighted by Gasteiger charge is 2.24. The van der Waals surface area contributed by atoms with Crippen molar-refractivity contribution in [2.45, 2.75) is 19.9 Å². The summed E-state index contributed by atoms with van der Waals surface area (Å²) in [5.74, 6) is -0.426. The van der Waals surface area contributed by atoms with E-state index in [1.807, 2.05) is 4.90 Å². The molecule has 4 rings (SSSR count). The smallest absolute Gasteiger partial charge is 0.292 e. The molecule has 2 heterocycles. The normalized spacial score (nSPS) is 12.7. The minimum atomic E-state index is -0.501. The predicted molar refractivity (Wildman–Crippen MR) is 124 cm³/mol. The quantitative estimate of drug-likeness (QED) is 0.432. The summed E-state index contributed by atoms with van der Waals surface area (Å²) in [7, 11) is 0. The third-order valence-corrected chi connectivity index (χ3v) is 6.50. The molecule has 2 N–H and O–H groups in total. The highest BCUT2D eigenvalue weighted by atomic mass is 32.1. The van der Waals surface area contributed by atoms with Crippen molar-refractivity contribution in [3.05, 3.63) is 85.6 Å². The Morgan fingerprint density at radius 1 is 1.12 bits per heavy atom. The molecule has 0 spiro atoms. The Bertz CT molecular complexity index is 1190. The fourth-order valence-electron chi connectivity index (χ4n) is 3.75. The number of hydrogen-bond acceptors (Lipinski definition) is 6. The molecule has 2 aromatic carbocycles. The zero-order valence-electron chi connectivity index (χ0n) is 17.5. The maximum atomic E-state index is 13.1. The Labute approximate surface area is 189 Å². The number of nitrogens with one attached hydrogen (secondary N) is 2. The third-order valence-electron chi connectivity index (χ3n) is 5.47. The molecule has 0 radical (unpaired) electrons. The molecule has 0 saturated heterocycles. The van der Waals surface area contributed by atoms with Crippen LogP contribution in [0.3, 0.4) is 0 Å². The van der Waals surface area contributed by atoms with Crippen molar-refractivity contribution >= 4 is 40.2 Å². The van der Waals surface area contributed by atoms with Gasteiger partial charge in [0.1, 0.15) is 5.69 Å². The highest BCUT2D eigenvalue weighted by molar-refractivity contribution is 7.10.